The average molecular weight is 368 g/mol. The molecule has 7 heteroatoms. The molecule has 118 valence electrons. The van der Waals surface area contributed by atoms with E-state index in [1.807, 2.05) is 32.9 Å². The SMILES string of the molecule is Cc1ccc(NC(=O)CN2C(=O)N[C@@H](C(C)C)C2=O)c(Br)c1. The zero-order valence-electron chi connectivity index (χ0n) is 12.6. The highest BCUT2D eigenvalue weighted by Gasteiger charge is 2.40. The second kappa shape index (κ2) is 6.48. The highest BCUT2D eigenvalue weighted by Crippen LogP contribution is 2.23. The van der Waals surface area contributed by atoms with Crippen LogP contribution < -0.4 is 10.6 Å². The van der Waals surface area contributed by atoms with Crippen LogP contribution in [0.5, 0.6) is 0 Å². The number of hydrogen-bond donors (Lipinski definition) is 2. The Bertz CT molecular complexity index is 630. The summed E-state index contributed by atoms with van der Waals surface area (Å²) in [6.45, 7) is 5.33. The molecule has 22 heavy (non-hydrogen) atoms. The summed E-state index contributed by atoms with van der Waals surface area (Å²) in [7, 11) is 0. The molecule has 1 aromatic carbocycles. The molecule has 0 aromatic heterocycles. The fourth-order valence-corrected chi connectivity index (χ4v) is 2.79. The normalized spacial score (nSPS) is 17.9. The van der Waals surface area contributed by atoms with Crippen LogP contribution in [-0.2, 0) is 9.59 Å². The van der Waals surface area contributed by atoms with Gasteiger partial charge in [0.05, 0.1) is 5.69 Å². The summed E-state index contributed by atoms with van der Waals surface area (Å²) >= 11 is 3.37. The number of aryl methyl sites for hydroxylation is 1. The lowest BCUT2D eigenvalue weighted by molar-refractivity contribution is -0.131. The van der Waals surface area contributed by atoms with Crippen molar-refractivity contribution < 1.29 is 14.4 Å². The third-order valence-corrected chi connectivity index (χ3v) is 4.08. The van der Waals surface area contributed by atoms with Crippen LogP contribution in [0.3, 0.4) is 0 Å². The van der Waals surface area contributed by atoms with Crippen molar-refractivity contribution in [2.75, 3.05) is 11.9 Å². The second-order valence-electron chi connectivity index (χ2n) is 5.63. The number of anilines is 1. The van der Waals surface area contributed by atoms with Crippen molar-refractivity contribution in [1.82, 2.24) is 10.2 Å². The Hall–Kier alpha value is -1.89. The van der Waals surface area contributed by atoms with Crippen molar-refractivity contribution in [3.8, 4) is 0 Å². The van der Waals surface area contributed by atoms with Crippen molar-refractivity contribution in [3.63, 3.8) is 0 Å². The van der Waals surface area contributed by atoms with Gasteiger partial charge in [-0.05, 0) is 46.5 Å². The Balaban J connectivity index is 2.03. The number of hydrogen-bond acceptors (Lipinski definition) is 3. The van der Waals surface area contributed by atoms with Gasteiger partial charge in [-0.3, -0.25) is 14.5 Å². The van der Waals surface area contributed by atoms with E-state index in [4.69, 9.17) is 0 Å². The molecule has 1 atom stereocenters. The van der Waals surface area contributed by atoms with Crippen LogP contribution in [0.15, 0.2) is 22.7 Å². The molecule has 1 aliphatic heterocycles. The number of rotatable bonds is 4. The molecule has 4 amide bonds. The maximum absolute atomic E-state index is 12.1. The minimum absolute atomic E-state index is 0.0178. The van der Waals surface area contributed by atoms with Gasteiger partial charge in [0.1, 0.15) is 12.6 Å². The largest absolute Gasteiger partial charge is 0.326 e. The van der Waals surface area contributed by atoms with E-state index in [1.54, 1.807) is 6.07 Å². The molecule has 0 spiro atoms. The lowest BCUT2D eigenvalue weighted by Gasteiger charge is -2.15. The van der Waals surface area contributed by atoms with E-state index in [-0.39, 0.29) is 18.4 Å². The predicted octanol–water partition coefficient (Wildman–Crippen LogP) is 2.27. The summed E-state index contributed by atoms with van der Waals surface area (Å²) in [6.07, 6.45) is 0. The van der Waals surface area contributed by atoms with Crippen LogP contribution in [0.25, 0.3) is 0 Å². The number of nitrogens with one attached hydrogen (secondary N) is 2. The smallest absolute Gasteiger partial charge is 0.325 e. The first-order valence-electron chi connectivity index (χ1n) is 6.97. The molecule has 0 bridgehead atoms. The van der Waals surface area contributed by atoms with Crippen LogP contribution in [0.1, 0.15) is 19.4 Å². The zero-order chi connectivity index (χ0) is 16.4. The number of urea groups is 1. The number of carbonyl (C=O) groups is 3. The van der Waals surface area contributed by atoms with Crippen molar-refractivity contribution in [2.24, 2.45) is 5.92 Å². The number of nitrogens with zero attached hydrogens (tertiary/aromatic N) is 1. The van der Waals surface area contributed by atoms with Crippen LogP contribution >= 0.6 is 15.9 Å². The van der Waals surface area contributed by atoms with Crippen LogP contribution in [-0.4, -0.2) is 35.3 Å². The lowest BCUT2D eigenvalue weighted by Crippen LogP contribution is -2.39. The van der Waals surface area contributed by atoms with Gasteiger partial charge >= 0.3 is 6.03 Å². The number of carbonyl (C=O) groups excluding carboxylic acids is 3. The van der Waals surface area contributed by atoms with E-state index >= 15 is 0 Å². The van der Waals surface area contributed by atoms with Gasteiger partial charge in [-0.15, -0.1) is 0 Å². The molecular weight excluding hydrogens is 350 g/mol. The first kappa shape index (κ1) is 16.5. The maximum Gasteiger partial charge on any atom is 0.325 e. The quantitative estimate of drug-likeness (QED) is 0.801. The average Bonchev–Trinajstić information content (AvgIpc) is 2.70. The summed E-state index contributed by atoms with van der Waals surface area (Å²) in [4.78, 5) is 36.9. The summed E-state index contributed by atoms with van der Waals surface area (Å²) in [6, 6.07) is 4.41. The third-order valence-electron chi connectivity index (χ3n) is 3.42. The van der Waals surface area contributed by atoms with Crippen molar-refractivity contribution in [3.05, 3.63) is 28.2 Å². The molecule has 6 nitrogen and oxygen atoms in total. The van der Waals surface area contributed by atoms with Gasteiger partial charge in [0.25, 0.3) is 5.91 Å². The molecule has 1 heterocycles. The van der Waals surface area contributed by atoms with Crippen LogP contribution in [0.2, 0.25) is 0 Å². The molecule has 1 saturated heterocycles. The van der Waals surface area contributed by atoms with Gasteiger partial charge in [0.2, 0.25) is 5.91 Å². The van der Waals surface area contributed by atoms with E-state index in [0.29, 0.717) is 5.69 Å². The highest BCUT2D eigenvalue weighted by molar-refractivity contribution is 9.10. The van der Waals surface area contributed by atoms with E-state index in [1.165, 1.54) is 0 Å². The first-order valence-corrected chi connectivity index (χ1v) is 7.76. The summed E-state index contributed by atoms with van der Waals surface area (Å²) < 4.78 is 0.748. The van der Waals surface area contributed by atoms with Crippen LogP contribution in [0, 0.1) is 12.8 Å². The monoisotopic (exact) mass is 367 g/mol. The van der Waals surface area contributed by atoms with Gasteiger partial charge < -0.3 is 10.6 Å². The molecule has 2 N–H and O–H groups in total. The molecule has 1 aromatic rings. The fraction of sp³-hybridized carbons (Fsp3) is 0.400. The van der Waals surface area contributed by atoms with E-state index in [2.05, 4.69) is 26.6 Å². The predicted molar refractivity (Wildman–Crippen MR) is 86.4 cm³/mol. The Kier molecular flexibility index (Phi) is 4.85. The van der Waals surface area contributed by atoms with E-state index < -0.39 is 18.0 Å². The third kappa shape index (κ3) is 3.47. The summed E-state index contributed by atoms with van der Waals surface area (Å²) in [5, 5.41) is 5.28. The van der Waals surface area contributed by atoms with Gasteiger partial charge in [0, 0.05) is 4.47 Å². The maximum atomic E-state index is 12.1. The molecular formula is C15H18BrN3O3. The number of amides is 4. The first-order chi connectivity index (χ1) is 10.3. The molecule has 0 unspecified atom stereocenters. The molecule has 1 aliphatic rings. The molecule has 0 aliphatic carbocycles. The summed E-state index contributed by atoms with van der Waals surface area (Å²) in [5.41, 5.74) is 1.65. The Morgan fingerprint density at radius 2 is 2.09 bits per heavy atom. The van der Waals surface area contributed by atoms with Crippen molar-refractivity contribution >= 4 is 39.5 Å². The number of halogens is 1. The summed E-state index contributed by atoms with van der Waals surface area (Å²) in [5.74, 6) is -0.800. The van der Waals surface area contributed by atoms with Gasteiger partial charge in [-0.25, -0.2) is 4.79 Å². The number of benzene rings is 1. The Morgan fingerprint density at radius 3 is 2.64 bits per heavy atom. The topological polar surface area (TPSA) is 78.5 Å². The molecule has 0 radical (unpaired) electrons. The Labute approximate surface area is 137 Å². The van der Waals surface area contributed by atoms with Gasteiger partial charge in [-0.2, -0.15) is 0 Å². The minimum Gasteiger partial charge on any atom is -0.326 e. The molecule has 1 fully saturated rings. The fourth-order valence-electron chi connectivity index (χ4n) is 2.20. The van der Waals surface area contributed by atoms with Crippen LogP contribution in [0.4, 0.5) is 10.5 Å². The lowest BCUT2D eigenvalue weighted by atomic mass is 10.1. The molecule has 0 saturated carbocycles. The zero-order valence-corrected chi connectivity index (χ0v) is 14.2. The van der Waals surface area contributed by atoms with E-state index in [9.17, 15) is 14.4 Å². The second-order valence-corrected chi connectivity index (χ2v) is 6.48. The standard InChI is InChI=1S/C15H18BrN3O3/c1-8(2)13-14(21)19(15(22)18-13)7-12(20)17-11-5-4-9(3)6-10(11)16/h4-6,8,13H,7H2,1-3H3,(H,17,20)(H,18,22)/t13-/m0/s1. The Morgan fingerprint density at radius 1 is 1.41 bits per heavy atom. The van der Waals surface area contributed by atoms with Gasteiger partial charge in [0.15, 0.2) is 0 Å². The van der Waals surface area contributed by atoms with Crippen molar-refractivity contribution in [2.45, 2.75) is 26.8 Å². The van der Waals surface area contributed by atoms with Crippen molar-refractivity contribution in [1.29, 1.82) is 0 Å². The minimum atomic E-state index is -0.564. The highest BCUT2D eigenvalue weighted by atomic mass is 79.9. The molecule has 2 rings (SSSR count). The van der Waals surface area contributed by atoms with E-state index in [0.717, 1.165) is 14.9 Å². The van der Waals surface area contributed by atoms with Gasteiger partial charge in [-0.1, -0.05) is 19.9 Å². The number of imide groups is 1.